The van der Waals surface area contributed by atoms with Crippen LogP contribution in [0.15, 0.2) is 30.3 Å². The Morgan fingerprint density at radius 3 is 2.47 bits per heavy atom. The predicted octanol–water partition coefficient (Wildman–Crippen LogP) is 3.19. The van der Waals surface area contributed by atoms with E-state index in [0.29, 0.717) is 0 Å². The number of carbonyl (C=O) groups excluding carboxylic acids is 1. The molecule has 0 aliphatic heterocycles. The van der Waals surface area contributed by atoms with Crippen LogP contribution in [0.5, 0.6) is 5.75 Å². The van der Waals surface area contributed by atoms with E-state index in [1.54, 1.807) is 5.32 Å². The lowest BCUT2D eigenvalue weighted by atomic mass is 10.1. The molecule has 2 aromatic rings. The summed E-state index contributed by atoms with van der Waals surface area (Å²) in [5.74, 6) is -4.00. The molecule has 0 atom stereocenters. The lowest BCUT2D eigenvalue weighted by molar-refractivity contribution is -0.167. The lowest BCUT2D eigenvalue weighted by Crippen LogP contribution is -2.30. The van der Waals surface area contributed by atoms with Crippen molar-refractivity contribution in [2.45, 2.75) is 6.18 Å². The predicted molar refractivity (Wildman–Crippen MR) is 60.3 cm³/mol. The Morgan fingerprint density at radius 2 is 1.84 bits per heavy atom. The molecule has 0 aromatic heterocycles. The summed E-state index contributed by atoms with van der Waals surface area (Å²) in [5, 5.41) is 10.8. The van der Waals surface area contributed by atoms with E-state index in [2.05, 4.69) is 0 Å². The quantitative estimate of drug-likeness (QED) is 0.784. The standard InChI is InChI=1S/C12H7F4NO2/c13-10-8(18)5-4-6-2-1-3-7(9(6)10)17-11(19)12(14,15)16/h1-5,18H,(H,17,19). The second-order valence-electron chi connectivity index (χ2n) is 3.75. The molecule has 0 bridgehead atoms. The third kappa shape index (κ3) is 2.44. The van der Waals surface area contributed by atoms with Crippen LogP contribution in [0.4, 0.5) is 23.2 Å². The number of phenols is 1. The maximum Gasteiger partial charge on any atom is 0.471 e. The van der Waals surface area contributed by atoms with Gasteiger partial charge in [-0.1, -0.05) is 18.2 Å². The molecular weight excluding hydrogens is 266 g/mol. The highest BCUT2D eigenvalue weighted by atomic mass is 19.4. The number of alkyl halides is 3. The van der Waals surface area contributed by atoms with Crippen molar-refractivity contribution >= 4 is 22.4 Å². The highest BCUT2D eigenvalue weighted by molar-refractivity contribution is 6.04. The van der Waals surface area contributed by atoms with Crippen molar-refractivity contribution in [3.8, 4) is 5.75 Å². The summed E-state index contributed by atoms with van der Waals surface area (Å²) in [6, 6.07) is 6.34. The summed E-state index contributed by atoms with van der Waals surface area (Å²) in [7, 11) is 0. The molecule has 0 heterocycles. The van der Waals surface area contributed by atoms with Gasteiger partial charge in [0.2, 0.25) is 0 Å². The van der Waals surface area contributed by atoms with Crippen molar-refractivity contribution < 1.29 is 27.5 Å². The van der Waals surface area contributed by atoms with Gasteiger partial charge in [0.05, 0.1) is 5.69 Å². The molecule has 0 unspecified atom stereocenters. The Morgan fingerprint density at radius 1 is 1.16 bits per heavy atom. The summed E-state index contributed by atoms with van der Waals surface area (Å²) < 4.78 is 50.2. The third-order valence-corrected chi connectivity index (χ3v) is 2.47. The number of aromatic hydroxyl groups is 1. The van der Waals surface area contributed by atoms with Gasteiger partial charge in [0.1, 0.15) is 0 Å². The first-order valence-electron chi connectivity index (χ1n) is 5.09. The van der Waals surface area contributed by atoms with Gasteiger partial charge in [-0.05, 0) is 17.5 Å². The minimum Gasteiger partial charge on any atom is -0.505 e. The van der Waals surface area contributed by atoms with Crippen molar-refractivity contribution in [1.29, 1.82) is 0 Å². The summed E-state index contributed by atoms with van der Waals surface area (Å²) in [4.78, 5) is 10.9. The highest BCUT2D eigenvalue weighted by Crippen LogP contribution is 2.32. The molecule has 2 aromatic carbocycles. The second-order valence-corrected chi connectivity index (χ2v) is 3.75. The first-order valence-corrected chi connectivity index (χ1v) is 5.09. The molecule has 7 heteroatoms. The number of phenolic OH excluding ortho intramolecular Hbond substituents is 1. The van der Waals surface area contributed by atoms with E-state index in [0.717, 1.165) is 12.1 Å². The van der Waals surface area contributed by atoms with E-state index in [1.165, 1.54) is 18.2 Å². The van der Waals surface area contributed by atoms with Crippen molar-refractivity contribution in [1.82, 2.24) is 0 Å². The normalized spacial score (nSPS) is 11.6. The third-order valence-electron chi connectivity index (χ3n) is 2.47. The number of amides is 1. The van der Waals surface area contributed by atoms with Crippen LogP contribution in [0.25, 0.3) is 10.8 Å². The first kappa shape index (κ1) is 13.1. The molecule has 0 saturated carbocycles. The van der Waals surface area contributed by atoms with E-state index in [9.17, 15) is 27.5 Å². The number of carbonyl (C=O) groups is 1. The number of hydrogen-bond acceptors (Lipinski definition) is 2. The number of hydrogen-bond donors (Lipinski definition) is 2. The smallest absolute Gasteiger partial charge is 0.471 e. The van der Waals surface area contributed by atoms with Gasteiger partial charge in [-0.3, -0.25) is 4.79 Å². The molecule has 1 amide bonds. The van der Waals surface area contributed by atoms with Gasteiger partial charge < -0.3 is 10.4 Å². The van der Waals surface area contributed by atoms with Gasteiger partial charge in [0.25, 0.3) is 0 Å². The van der Waals surface area contributed by atoms with Crippen LogP contribution in [0.3, 0.4) is 0 Å². The number of fused-ring (bicyclic) bond motifs is 1. The Bertz CT molecular complexity index is 652. The van der Waals surface area contributed by atoms with Crippen molar-refractivity contribution in [3.63, 3.8) is 0 Å². The van der Waals surface area contributed by atoms with Gasteiger partial charge in [-0.25, -0.2) is 4.39 Å². The van der Waals surface area contributed by atoms with Crippen molar-refractivity contribution in [3.05, 3.63) is 36.1 Å². The van der Waals surface area contributed by atoms with E-state index in [-0.39, 0.29) is 16.5 Å². The lowest BCUT2D eigenvalue weighted by Gasteiger charge is -2.11. The molecule has 0 aliphatic carbocycles. The van der Waals surface area contributed by atoms with E-state index < -0.39 is 23.7 Å². The Kier molecular flexibility index (Phi) is 3.05. The fourth-order valence-electron chi connectivity index (χ4n) is 1.62. The summed E-state index contributed by atoms with van der Waals surface area (Å²) in [5.41, 5.74) is -0.353. The second kappa shape index (κ2) is 4.42. The summed E-state index contributed by atoms with van der Waals surface area (Å²) >= 11 is 0. The number of nitrogens with one attached hydrogen (secondary N) is 1. The fourth-order valence-corrected chi connectivity index (χ4v) is 1.62. The zero-order valence-corrected chi connectivity index (χ0v) is 9.25. The minimum absolute atomic E-state index is 0.260. The molecule has 0 saturated heterocycles. The maximum absolute atomic E-state index is 13.7. The van der Waals surface area contributed by atoms with E-state index in [1.807, 2.05) is 0 Å². The van der Waals surface area contributed by atoms with Crippen molar-refractivity contribution in [2.75, 3.05) is 5.32 Å². The molecular formula is C12H7F4NO2. The molecule has 2 N–H and O–H groups in total. The van der Waals surface area contributed by atoms with Crippen LogP contribution >= 0.6 is 0 Å². The first-order chi connectivity index (χ1) is 8.80. The van der Waals surface area contributed by atoms with E-state index >= 15 is 0 Å². The Balaban J connectivity index is 2.55. The molecule has 3 nitrogen and oxygen atoms in total. The van der Waals surface area contributed by atoms with Gasteiger partial charge in [-0.15, -0.1) is 0 Å². The van der Waals surface area contributed by atoms with Crippen LogP contribution in [-0.4, -0.2) is 17.2 Å². The Hall–Kier alpha value is -2.31. The monoisotopic (exact) mass is 273 g/mol. The van der Waals surface area contributed by atoms with Gasteiger partial charge in [0.15, 0.2) is 11.6 Å². The van der Waals surface area contributed by atoms with Gasteiger partial charge in [0, 0.05) is 5.39 Å². The number of benzene rings is 2. The molecule has 0 spiro atoms. The van der Waals surface area contributed by atoms with Crippen molar-refractivity contribution in [2.24, 2.45) is 0 Å². The summed E-state index contributed by atoms with van der Waals surface area (Å²) in [6.07, 6.45) is -5.07. The van der Waals surface area contributed by atoms with E-state index in [4.69, 9.17) is 0 Å². The zero-order valence-electron chi connectivity index (χ0n) is 9.25. The van der Waals surface area contributed by atoms with Crippen LogP contribution in [0, 0.1) is 5.82 Å². The molecule has 19 heavy (non-hydrogen) atoms. The average molecular weight is 273 g/mol. The SMILES string of the molecule is O=C(Nc1cccc2ccc(O)c(F)c12)C(F)(F)F. The maximum atomic E-state index is 13.7. The van der Waals surface area contributed by atoms with Crippen LogP contribution in [0.1, 0.15) is 0 Å². The highest BCUT2D eigenvalue weighted by Gasteiger charge is 2.39. The molecule has 0 aliphatic rings. The molecule has 100 valence electrons. The largest absolute Gasteiger partial charge is 0.505 e. The molecule has 2 rings (SSSR count). The van der Waals surface area contributed by atoms with Crippen LogP contribution in [-0.2, 0) is 4.79 Å². The number of anilines is 1. The molecule has 0 radical (unpaired) electrons. The van der Waals surface area contributed by atoms with Gasteiger partial charge in [-0.2, -0.15) is 13.2 Å². The zero-order chi connectivity index (χ0) is 14.2. The number of halogens is 4. The van der Waals surface area contributed by atoms with Crippen LogP contribution in [0.2, 0.25) is 0 Å². The minimum atomic E-state index is -5.07. The van der Waals surface area contributed by atoms with Crippen LogP contribution < -0.4 is 5.32 Å². The number of rotatable bonds is 1. The Labute approximate surface area is 104 Å². The molecule has 0 fully saturated rings. The average Bonchev–Trinajstić information content (AvgIpc) is 2.33. The fraction of sp³-hybridized carbons (Fsp3) is 0.0833. The summed E-state index contributed by atoms with van der Waals surface area (Å²) in [6.45, 7) is 0. The topological polar surface area (TPSA) is 49.3 Å². The van der Waals surface area contributed by atoms with Gasteiger partial charge >= 0.3 is 12.1 Å².